The zero-order chi connectivity index (χ0) is 20.6. The smallest absolute Gasteiger partial charge is 0.225 e. The summed E-state index contributed by atoms with van der Waals surface area (Å²) in [6.45, 7) is 7.41. The maximum atomic E-state index is 11.8. The number of anilines is 1. The fourth-order valence-corrected chi connectivity index (χ4v) is 5.38. The molecule has 0 bridgehead atoms. The van der Waals surface area contributed by atoms with E-state index in [9.17, 15) is 8.42 Å². The van der Waals surface area contributed by atoms with E-state index in [-0.39, 0.29) is 17.5 Å². The molecule has 0 aliphatic carbocycles. The first-order valence-electron chi connectivity index (χ1n) is 10.1. The van der Waals surface area contributed by atoms with E-state index in [0.29, 0.717) is 11.6 Å². The van der Waals surface area contributed by atoms with Gasteiger partial charge in [-0.2, -0.15) is 0 Å². The van der Waals surface area contributed by atoms with Crippen LogP contribution >= 0.6 is 0 Å². The second-order valence-electron chi connectivity index (χ2n) is 7.88. The molecule has 0 saturated carbocycles. The maximum Gasteiger partial charge on any atom is 0.225 e. The van der Waals surface area contributed by atoms with Crippen LogP contribution in [0.5, 0.6) is 5.75 Å². The van der Waals surface area contributed by atoms with Gasteiger partial charge in [0.15, 0.2) is 9.84 Å². The number of benzene rings is 1. The Morgan fingerprint density at radius 1 is 1.21 bits per heavy atom. The molecule has 2 aliphatic rings. The van der Waals surface area contributed by atoms with Crippen LogP contribution < -0.4 is 9.64 Å². The highest BCUT2D eigenvalue weighted by molar-refractivity contribution is 7.90. The molecule has 0 amide bonds. The molecule has 0 radical (unpaired) electrons. The standard InChI is InChI=1S/C21H28N4O3S/c1-4-25(21-22-12-18-13-29(26,27)14-19(18)23-21)9-8-24(3)15(2)17-6-5-16-7-10-28-20(16)11-17/h5-6,11-12,15H,4,7-10,13-14H2,1-3H3/t15-/m0/s1. The molecule has 29 heavy (non-hydrogen) atoms. The van der Waals surface area contributed by atoms with Crippen molar-refractivity contribution in [2.45, 2.75) is 37.8 Å². The lowest BCUT2D eigenvalue weighted by Crippen LogP contribution is -2.35. The second kappa shape index (κ2) is 7.91. The third-order valence-corrected chi connectivity index (χ3v) is 7.39. The van der Waals surface area contributed by atoms with Crippen LogP contribution in [-0.4, -0.2) is 56.6 Å². The molecule has 3 heterocycles. The van der Waals surface area contributed by atoms with Crippen LogP contribution in [0.2, 0.25) is 0 Å². The Morgan fingerprint density at radius 3 is 2.83 bits per heavy atom. The molecule has 1 aromatic carbocycles. The van der Waals surface area contributed by atoms with Gasteiger partial charge >= 0.3 is 0 Å². The molecule has 8 heteroatoms. The molecule has 0 saturated heterocycles. The summed E-state index contributed by atoms with van der Waals surface area (Å²) < 4.78 is 29.4. The van der Waals surface area contributed by atoms with E-state index in [1.54, 1.807) is 6.20 Å². The van der Waals surface area contributed by atoms with Gasteiger partial charge in [0, 0.05) is 43.9 Å². The lowest BCUT2D eigenvalue weighted by molar-refractivity contribution is 0.266. The largest absolute Gasteiger partial charge is 0.493 e. The highest BCUT2D eigenvalue weighted by Gasteiger charge is 2.27. The molecule has 0 N–H and O–H groups in total. The van der Waals surface area contributed by atoms with Gasteiger partial charge in [-0.15, -0.1) is 0 Å². The number of sulfone groups is 1. The van der Waals surface area contributed by atoms with Crippen LogP contribution in [0, 0.1) is 0 Å². The number of rotatable bonds is 7. The van der Waals surface area contributed by atoms with E-state index >= 15 is 0 Å². The quantitative estimate of drug-likeness (QED) is 0.686. The number of hydrogen-bond donors (Lipinski definition) is 0. The van der Waals surface area contributed by atoms with Crippen LogP contribution in [0.25, 0.3) is 0 Å². The van der Waals surface area contributed by atoms with Gasteiger partial charge in [-0.1, -0.05) is 12.1 Å². The van der Waals surface area contributed by atoms with Gasteiger partial charge in [0.1, 0.15) is 5.75 Å². The lowest BCUT2D eigenvalue weighted by Gasteiger charge is -2.29. The van der Waals surface area contributed by atoms with E-state index in [1.165, 1.54) is 11.1 Å². The summed E-state index contributed by atoms with van der Waals surface area (Å²) in [4.78, 5) is 13.4. The Hall–Kier alpha value is -2.19. The minimum Gasteiger partial charge on any atom is -0.493 e. The number of likely N-dealkylation sites (N-methyl/N-ethyl adjacent to an activating group) is 2. The van der Waals surface area contributed by atoms with Crippen molar-refractivity contribution in [1.29, 1.82) is 0 Å². The van der Waals surface area contributed by atoms with Crippen LogP contribution in [0.15, 0.2) is 24.4 Å². The first kappa shape index (κ1) is 20.1. The monoisotopic (exact) mass is 416 g/mol. The average molecular weight is 417 g/mol. The molecular weight excluding hydrogens is 388 g/mol. The summed E-state index contributed by atoms with van der Waals surface area (Å²) in [6.07, 6.45) is 2.66. The van der Waals surface area contributed by atoms with Crippen molar-refractivity contribution in [3.63, 3.8) is 0 Å². The van der Waals surface area contributed by atoms with E-state index < -0.39 is 9.84 Å². The first-order chi connectivity index (χ1) is 13.9. The summed E-state index contributed by atoms with van der Waals surface area (Å²) in [5.74, 6) is 1.70. The number of hydrogen-bond acceptors (Lipinski definition) is 7. The topological polar surface area (TPSA) is 75.6 Å². The van der Waals surface area contributed by atoms with Crippen LogP contribution in [0.1, 0.15) is 42.3 Å². The predicted molar refractivity (Wildman–Crippen MR) is 113 cm³/mol. The van der Waals surface area contributed by atoms with Gasteiger partial charge < -0.3 is 9.64 Å². The fourth-order valence-electron chi connectivity index (χ4n) is 3.89. The predicted octanol–water partition coefficient (Wildman–Crippen LogP) is 2.36. The third kappa shape index (κ3) is 4.23. The number of nitrogens with zero attached hydrogens (tertiary/aromatic N) is 4. The molecule has 2 aromatic rings. The second-order valence-corrected chi connectivity index (χ2v) is 9.94. The van der Waals surface area contributed by atoms with Crippen molar-refractivity contribution in [2.75, 3.05) is 38.2 Å². The summed E-state index contributed by atoms with van der Waals surface area (Å²) in [5, 5.41) is 0. The van der Waals surface area contributed by atoms with E-state index in [2.05, 4.69) is 58.9 Å². The Morgan fingerprint density at radius 2 is 2.03 bits per heavy atom. The summed E-state index contributed by atoms with van der Waals surface area (Å²) in [5.41, 5.74) is 3.91. The van der Waals surface area contributed by atoms with Crippen molar-refractivity contribution in [3.8, 4) is 5.75 Å². The SMILES string of the molecule is CCN(CCN(C)[C@@H](C)c1ccc2c(c1)OCC2)c1ncc2c(n1)CS(=O)(=O)C2. The number of ether oxygens (including phenoxy) is 1. The van der Waals surface area contributed by atoms with Crippen molar-refractivity contribution in [3.05, 3.63) is 46.8 Å². The average Bonchev–Trinajstić information content (AvgIpc) is 3.28. The van der Waals surface area contributed by atoms with E-state index in [0.717, 1.165) is 44.0 Å². The van der Waals surface area contributed by atoms with Gasteiger partial charge in [-0.05, 0) is 38.1 Å². The minimum absolute atomic E-state index is 0.0206. The fraction of sp³-hybridized carbons (Fsp3) is 0.524. The van der Waals surface area contributed by atoms with Gasteiger partial charge in [0.05, 0.1) is 23.8 Å². The Labute approximate surface area is 172 Å². The number of fused-ring (bicyclic) bond motifs is 2. The van der Waals surface area contributed by atoms with Gasteiger partial charge in [0.2, 0.25) is 5.95 Å². The molecular formula is C21H28N4O3S. The van der Waals surface area contributed by atoms with E-state index in [4.69, 9.17) is 4.74 Å². The Bertz CT molecular complexity index is 1010. The van der Waals surface area contributed by atoms with Gasteiger partial charge in [0.25, 0.3) is 0 Å². The zero-order valence-electron chi connectivity index (χ0n) is 17.3. The first-order valence-corrected chi connectivity index (χ1v) is 11.9. The molecule has 1 atom stereocenters. The van der Waals surface area contributed by atoms with Gasteiger partial charge in [-0.3, -0.25) is 4.90 Å². The van der Waals surface area contributed by atoms with Crippen molar-refractivity contribution in [2.24, 2.45) is 0 Å². The third-order valence-electron chi connectivity index (χ3n) is 5.92. The van der Waals surface area contributed by atoms with Gasteiger partial charge in [-0.25, -0.2) is 18.4 Å². The van der Waals surface area contributed by atoms with E-state index in [1.807, 2.05) is 0 Å². The molecule has 2 aliphatic heterocycles. The minimum atomic E-state index is -3.07. The molecule has 156 valence electrons. The van der Waals surface area contributed by atoms with Crippen molar-refractivity contribution >= 4 is 15.8 Å². The Balaban J connectivity index is 1.41. The highest BCUT2D eigenvalue weighted by Crippen LogP contribution is 2.30. The molecule has 0 unspecified atom stereocenters. The number of aromatic nitrogens is 2. The zero-order valence-corrected chi connectivity index (χ0v) is 18.1. The molecule has 4 rings (SSSR count). The normalized spacial score (nSPS) is 17.7. The summed E-state index contributed by atoms with van der Waals surface area (Å²) in [6, 6.07) is 6.78. The molecule has 7 nitrogen and oxygen atoms in total. The summed E-state index contributed by atoms with van der Waals surface area (Å²) in [7, 11) is -0.952. The molecule has 0 fully saturated rings. The van der Waals surface area contributed by atoms with Crippen LogP contribution in [-0.2, 0) is 27.8 Å². The lowest BCUT2D eigenvalue weighted by atomic mass is 10.0. The maximum absolute atomic E-state index is 11.8. The summed E-state index contributed by atoms with van der Waals surface area (Å²) >= 11 is 0. The molecule has 1 aromatic heterocycles. The van der Waals surface area contributed by atoms with Crippen LogP contribution in [0.3, 0.4) is 0 Å². The van der Waals surface area contributed by atoms with Crippen molar-refractivity contribution in [1.82, 2.24) is 14.9 Å². The molecule has 0 spiro atoms. The Kier molecular flexibility index (Phi) is 5.48. The highest BCUT2D eigenvalue weighted by atomic mass is 32.2. The van der Waals surface area contributed by atoms with Crippen molar-refractivity contribution < 1.29 is 13.2 Å². The van der Waals surface area contributed by atoms with Crippen LogP contribution in [0.4, 0.5) is 5.95 Å².